The number of carbonyl (C=O) groups is 4. The molecule has 1 unspecified atom stereocenters. The van der Waals surface area contributed by atoms with Gasteiger partial charge in [-0.25, -0.2) is 0 Å². The molecule has 1 aromatic rings. The first kappa shape index (κ1) is 24.8. The molecule has 0 saturated carbocycles. The molecule has 0 aliphatic rings. The topological polar surface area (TPSA) is 110 Å². The van der Waals surface area contributed by atoms with Gasteiger partial charge in [-0.15, -0.1) is 0 Å². The van der Waals surface area contributed by atoms with Crippen LogP contribution in [0.1, 0.15) is 39.7 Å². The lowest BCUT2D eigenvalue weighted by Crippen LogP contribution is -2.58. The summed E-state index contributed by atoms with van der Waals surface area (Å²) in [6.45, 7) is 6.75. The third-order valence-electron chi connectivity index (χ3n) is 4.34. The molecule has 0 bridgehead atoms. The highest BCUT2D eigenvalue weighted by molar-refractivity contribution is 8.14. The Bertz CT molecular complexity index is 724. The Morgan fingerprint density at radius 3 is 2.14 bits per heavy atom. The Balaban J connectivity index is 3.34. The summed E-state index contributed by atoms with van der Waals surface area (Å²) in [6.07, 6.45) is 0.534. The molecule has 0 aliphatic carbocycles. The predicted octanol–water partition coefficient (Wildman–Crippen LogP) is 1.74. The van der Waals surface area contributed by atoms with Crippen molar-refractivity contribution in [1.82, 2.24) is 10.2 Å². The molecule has 0 spiro atoms. The smallest absolute Gasteiger partial charge is 0.246 e. The monoisotopic (exact) mass is 421 g/mol. The number of imide groups is 1. The molecule has 0 radical (unpaired) electrons. The standard InChI is InChI=1S/C21H31N3O4S/c1-13(2)11-17(22)21(28)24(20(27)14(3)29-15(4)25)18(19(26)23-5)12-16-9-7-6-8-10-16/h6-10,13-14,17-18H,11-12,22H2,1-5H3,(H,23,26)/t14?,17-,18-/m0/s1. The van der Waals surface area contributed by atoms with Gasteiger partial charge in [0.05, 0.1) is 11.3 Å². The number of rotatable bonds is 9. The van der Waals surface area contributed by atoms with E-state index in [2.05, 4.69) is 5.32 Å². The van der Waals surface area contributed by atoms with Gasteiger partial charge < -0.3 is 11.1 Å². The number of benzene rings is 1. The van der Waals surface area contributed by atoms with Crippen molar-refractivity contribution in [2.75, 3.05) is 7.05 Å². The van der Waals surface area contributed by atoms with E-state index in [9.17, 15) is 19.2 Å². The number of likely N-dealkylation sites (N-methyl/N-ethyl adjacent to an activating group) is 1. The zero-order chi connectivity index (χ0) is 22.1. The highest BCUT2D eigenvalue weighted by Gasteiger charge is 2.39. The fourth-order valence-corrected chi connectivity index (χ4v) is 3.72. The van der Waals surface area contributed by atoms with E-state index in [0.29, 0.717) is 6.42 Å². The quantitative estimate of drug-likeness (QED) is 0.629. The van der Waals surface area contributed by atoms with E-state index in [-0.39, 0.29) is 17.5 Å². The van der Waals surface area contributed by atoms with Crippen LogP contribution in [0.3, 0.4) is 0 Å². The fraction of sp³-hybridized carbons (Fsp3) is 0.524. The van der Waals surface area contributed by atoms with Crippen LogP contribution in [0.4, 0.5) is 0 Å². The van der Waals surface area contributed by atoms with Crippen molar-refractivity contribution in [3.8, 4) is 0 Å². The van der Waals surface area contributed by atoms with Crippen LogP contribution in [-0.4, -0.2) is 52.1 Å². The number of nitrogens with two attached hydrogens (primary N) is 1. The van der Waals surface area contributed by atoms with Crippen LogP contribution in [0.5, 0.6) is 0 Å². The van der Waals surface area contributed by atoms with Crippen LogP contribution in [0.2, 0.25) is 0 Å². The van der Waals surface area contributed by atoms with E-state index >= 15 is 0 Å². The van der Waals surface area contributed by atoms with E-state index in [0.717, 1.165) is 22.2 Å². The van der Waals surface area contributed by atoms with Gasteiger partial charge in [0.2, 0.25) is 17.7 Å². The SMILES string of the molecule is CNC(=O)[C@H](Cc1ccccc1)N(C(=O)C(C)SC(C)=O)C(=O)[C@@H](N)CC(C)C. The zero-order valence-corrected chi connectivity index (χ0v) is 18.5. The summed E-state index contributed by atoms with van der Waals surface area (Å²) in [5.41, 5.74) is 6.88. The van der Waals surface area contributed by atoms with Crippen LogP contribution in [0.25, 0.3) is 0 Å². The van der Waals surface area contributed by atoms with Crippen molar-refractivity contribution < 1.29 is 19.2 Å². The average Bonchev–Trinajstić information content (AvgIpc) is 2.66. The maximum atomic E-state index is 13.2. The third kappa shape index (κ3) is 7.62. The van der Waals surface area contributed by atoms with Crippen molar-refractivity contribution in [3.63, 3.8) is 0 Å². The molecule has 3 N–H and O–H groups in total. The van der Waals surface area contributed by atoms with Crippen molar-refractivity contribution >= 4 is 34.6 Å². The van der Waals surface area contributed by atoms with E-state index < -0.39 is 35.1 Å². The van der Waals surface area contributed by atoms with Crippen molar-refractivity contribution in [2.24, 2.45) is 11.7 Å². The first-order chi connectivity index (χ1) is 13.6. The molecular formula is C21H31N3O4S. The number of hydrogen-bond acceptors (Lipinski definition) is 6. The summed E-state index contributed by atoms with van der Waals surface area (Å²) in [5, 5.41) is 1.48. The van der Waals surface area contributed by atoms with Gasteiger partial charge in [0.15, 0.2) is 5.12 Å². The van der Waals surface area contributed by atoms with Crippen LogP contribution in [0.15, 0.2) is 30.3 Å². The van der Waals surface area contributed by atoms with Crippen molar-refractivity contribution in [1.29, 1.82) is 0 Å². The molecule has 0 aliphatic heterocycles. The Morgan fingerprint density at radius 2 is 1.66 bits per heavy atom. The second-order valence-electron chi connectivity index (χ2n) is 7.35. The van der Waals surface area contributed by atoms with Gasteiger partial charge in [-0.1, -0.05) is 55.9 Å². The largest absolute Gasteiger partial charge is 0.357 e. The van der Waals surface area contributed by atoms with Gasteiger partial charge in [-0.05, 0) is 24.8 Å². The molecule has 0 aromatic heterocycles. The van der Waals surface area contributed by atoms with E-state index in [4.69, 9.17) is 5.73 Å². The number of amides is 3. The minimum absolute atomic E-state index is 0.141. The number of hydrogen-bond donors (Lipinski definition) is 2. The zero-order valence-electron chi connectivity index (χ0n) is 17.7. The van der Waals surface area contributed by atoms with Gasteiger partial charge in [-0.2, -0.15) is 0 Å². The van der Waals surface area contributed by atoms with Gasteiger partial charge in [-0.3, -0.25) is 24.1 Å². The van der Waals surface area contributed by atoms with Crippen molar-refractivity contribution in [3.05, 3.63) is 35.9 Å². The molecular weight excluding hydrogens is 390 g/mol. The Morgan fingerprint density at radius 1 is 1.07 bits per heavy atom. The molecule has 0 fully saturated rings. The maximum absolute atomic E-state index is 13.2. The summed E-state index contributed by atoms with van der Waals surface area (Å²) >= 11 is 0.822. The minimum Gasteiger partial charge on any atom is -0.357 e. The van der Waals surface area contributed by atoms with Crippen molar-refractivity contribution in [2.45, 2.75) is 57.9 Å². The Labute approximate surface area is 176 Å². The van der Waals surface area contributed by atoms with E-state index in [1.165, 1.54) is 14.0 Å². The lowest BCUT2D eigenvalue weighted by molar-refractivity contribution is -0.152. The van der Waals surface area contributed by atoms with Gasteiger partial charge in [0, 0.05) is 20.4 Å². The fourth-order valence-electron chi connectivity index (χ4n) is 3.00. The highest BCUT2D eigenvalue weighted by Crippen LogP contribution is 2.20. The second-order valence-corrected chi connectivity index (χ2v) is 8.87. The average molecular weight is 422 g/mol. The maximum Gasteiger partial charge on any atom is 0.246 e. The number of nitrogens with zero attached hydrogens (tertiary/aromatic N) is 1. The number of thioether (sulfide) groups is 1. The first-order valence-electron chi connectivity index (χ1n) is 9.63. The van der Waals surface area contributed by atoms with Crippen LogP contribution in [-0.2, 0) is 25.6 Å². The summed E-state index contributed by atoms with van der Waals surface area (Å²) < 4.78 is 0. The van der Waals surface area contributed by atoms with Crippen LogP contribution < -0.4 is 11.1 Å². The molecule has 0 heterocycles. The minimum atomic E-state index is -1.06. The lowest BCUT2D eigenvalue weighted by Gasteiger charge is -2.33. The predicted molar refractivity (Wildman–Crippen MR) is 115 cm³/mol. The molecule has 7 nitrogen and oxygen atoms in total. The molecule has 3 atom stereocenters. The Hall–Kier alpha value is -2.19. The van der Waals surface area contributed by atoms with Crippen LogP contribution in [0, 0.1) is 5.92 Å². The molecule has 160 valence electrons. The molecule has 3 amide bonds. The summed E-state index contributed by atoms with van der Waals surface area (Å²) in [6, 6.07) is 7.16. The molecule has 29 heavy (non-hydrogen) atoms. The van der Waals surface area contributed by atoms with E-state index in [1.54, 1.807) is 6.92 Å². The number of nitrogens with one attached hydrogen (secondary N) is 1. The molecule has 1 rings (SSSR count). The molecule has 1 aromatic carbocycles. The highest BCUT2D eigenvalue weighted by atomic mass is 32.2. The second kappa shape index (κ2) is 11.7. The lowest BCUT2D eigenvalue weighted by atomic mass is 9.99. The van der Waals surface area contributed by atoms with Crippen LogP contribution >= 0.6 is 11.8 Å². The van der Waals surface area contributed by atoms with Gasteiger partial charge in [0.1, 0.15) is 6.04 Å². The normalized spacial score (nSPS) is 14.0. The first-order valence-corrected chi connectivity index (χ1v) is 10.5. The number of carbonyl (C=O) groups excluding carboxylic acids is 4. The summed E-state index contributed by atoms with van der Waals surface area (Å²) in [7, 11) is 1.45. The van der Waals surface area contributed by atoms with E-state index in [1.807, 2.05) is 44.2 Å². The van der Waals surface area contributed by atoms with Gasteiger partial charge in [0.25, 0.3) is 0 Å². The summed E-state index contributed by atoms with van der Waals surface area (Å²) in [4.78, 5) is 51.5. The summed E-state index contributed by atoms with van der Waals surface area (Å²) in [5.74, 6) is -1.53. The van der Waals surface area contributed by atoms with Gasteiger partial charge >= 0.3 is 0 Å². The molecule has 0 saturated heterocycles. The third-order valence-corrected chi connectivity index (χ3v) is 5.23. The molecule has 8 heteroatoms. The Kier molecular flexibility index (Phi) is 10.0.